The number of hydrogen-bond donors (Lipinski definition) is 0. The summed E-state index contributed by atoms with van der Waals surface area (Å²) in [7, 11) is 0. The molecule has 7 heteroatoms. The van der Waals surface area contributed by atoms with Crippen LogP contribution in [0.1, 0.15) is 27.3 Å². The standard InChI is InChI=1S/C15H8Cl2N2O3/c16-8-4-10(17)14-11(5-8)19(9(7-18)6-12(14)20)15(21)13-2-1-3-22-13/h1-5,9H,6H2/t9-/m1/s1. The highest BCUT2D eigenvalue weighted by molar-refractivity contribution is 6.38. The second kappa shape index (κ2) is 5.48. The van der Waals surface area contributed by atoms with Gasteiger partial charge in [0.1, 0.15) is 6.04 Å². The van der Waals surface area contributed by atoms with Crippen molar-refractivity contribution < 1.29 is 14.0 Å². The summed E-state index contributed by atoms with van der Waals surface area (Å²) >= 11 is 12.1. The van der Waals surface area contributed by atoms with Crippen LogP contribution in [0, 0.1) is 11.3 Å². The average Bonchev–Trinajstić information content (AvgIpc) is 2.99. The third-order valence-corrected chi connectivity index (χ3v) is 3.88. The van der Waals surface area contributed by atoms with Crippen molar-refractivity contribution in [2.75, 3.05) is 4.90 Å². The van der Waals surface area contributed by atoms with E-state index in [4.69, 9.17) is 27.6 Å². The molecule has 1 aromatic heterocycles. The van der Waals surface area contributed by atoms with E-state index in [1.54, 1.807) is 6.07 Å². The van der Waals surface area contributed by atoms with Gasteiger partial charge in [0.2, 0.25) is 0 Å². The van der Waals surface area contributed by atoms with Crippen LogP contribution in [0.5, 0.6) is 0 Å². The number of ketones is 1. The monoisotopic (exact) mass is 334 g/mol. The summed E-state index contributed by atoms with van der Waals surface area (Å²) in [6.07, 6.45) is 1.23. The Morgan fingerprint density at radius 3 is 2.82 bits per heavy atom. The van der Waals surface area contributed by atoms with Crippen LogP contribution in [0.3, 0.4) is 0 Å². The molecule has 0 aliphatic carbocycles. The lowest BCUT2D eigenvalue weighted by atomic mass is 9.94. The molecule has 0 bridgehead atoms. The van der Waals surface area contributed by atoms with E-state index in [0.717, 1.165) is 0 Å². The third kappa shape index (κ3) is 2.27. The van der Waals surface area contributed by atoms with Gasteiger partial charge in [0, 0.05) is 11.4 Å². The minimum Gasteiger partial charge on any atom is -0.459 e. The van der Waals surface area contributed by atoms with Crippen LogP contribution in [0.4, 0.5) is 5.69 Å². The van der Waals surface area contributed by atoms with E-state index in [-0.39, 0.29) is 39.3 Å². The molecule has 2 heterocycles. The Balaban J connectivity index is 2.20. The number of benzene rings is 1. The number of carbonyl (C=O) groups is 2. The van der Waals surface area contributed by atoms with Gasteiger partial charge in [0.05, 0.1) is 28.6 Å². The number of furan rings is 1. The molecule has 110 valence electrons. The molecule has 0 saturated carbocycles. The summed E-state index contributed by atoms with van der Waals surface area (Å²) in [4.78, 5) is 26.0. The Morgan fingerprint density at radius 1 is 1.41 bits per heavy atom. The van der Waals surface area contributed by atoms with Crippen LogP contribution < -0.4 is 4.90 Å². The number of rotatable bonds is 1. The molecule has 3 rings (SSSR count). The number of halogens is 2. The molecule has 0 spiro atoms. The number of nitriles is 1. The maximum atomic E-state index is 12.6. The molecule has 0 radical (unpaired) electrons. The van der Waals surface area contributed by atoms with Crippen LogP contribution in [0.2, 0.25) is 10.0 Å². The van der Waals surface area contributed by atoms with Gasteiger partial charge in [-0.15, -0.1) is 0 Å². The maximum Gasteiger partial charge on any atom is 0.295 e. The zero-order valence-corrected chi connectivity index (χ0v) is 12.6. The summed E-state index contributed by atoms with van der Waals surface area (Å²) < 4.78 is 5.09. The second-order valence-electron chi connectivity index (χ2n) is 4.71. The topological polar surface area (TPSA) is 74.3 Å². The second-order valence-corrected chi connectivity index (χ2v) is 5.55. The molecule has 0 N–H and O–H groups in total. The number of Topliss-reactive ketones (excluding diaryl/α,β-unsaturated/α-hetero) is 1. The Morgan fingerprint density at radius 2 is 2.18 bits per heavy atom. The van der Waals surface area contributed by atoms with Gasteiger partial charge >= 0.3 is 0 Å². The van der Waals surface area contributed by atoms with E-state index >= 15 is 0 Å². The van der Waals surface area contributed by atoms with Gasteiger partial charge in [-0.25, -0.2) is 0 Å². The first kappa shape index (κ1) is 14.6. The zero-order valence-electron chi connectivity index (χ0n) is 11.0. The van der Waals surface area contributed by atoms with Crippen molar-refractivity contribution in [1.29, 1.82) is 5.26 Å². The molecule has 0 saturated heterocycles. The number of hydrogen-bond acceptors (Lipinski definition) is 4. The molecule has 0 unspecified atom stereocenters. The quantitative estimate of drug-likeness (QED) is 0.796. The summed E-state index contributed by atoms with van der Waals surface area (Å²) in [5.74, 6) is -0.757. The third-order valence-electron chi connectivity index (χ3n) is 3.36. The molecular weight excluding hydrogens is 327 g/mol. The molecule has 22 heavy (non-hydrogen) atoms. The molecule has 1 atom stereocenters. The lowest BCUT2D eigenvalue weighted by molar-refractivity contribution is 0.0928. The lowest BCUT2D eigenvalue weighted by Gasteiger charge is -2.32. The zero-order chi connectivity index (χ0) is 15.9. The number of fused-ring (bicyclic) bond motifs is 1. The van der Waals surface area contributed by atoms with Crippen molar-refractivity contribution in [1.82, 2.24) is 0 Å². The van der Waals surface area contributed by atoms with Gasteiger partial charge in [-0.3, -0.25) is 14.5 Å². The fourth-order valence-corrected chi connectivity index (χ4v) is 3.02. The highest BCUT2D eigenvalue weighted by atomic mass is 35.5. The summed E-state index contributed by atoms with van der Waals surface area (Å²) in [6, 6.07) is 6.96. The normalized spacial score (nSPS) is 17.0. The van der Waals surface area contributed by atoms with Crippen molar-refractivity contribution in [3.63, 3.8) is 0 Å². The Hall–Kier alpha value is -2.29. The molecule has 1 aliphatic rings. The van der Waals surface area contributed by atoms with Gasteiger partial charge in [-0.05, 0) is 24.3 Å². The molecule has 1 aliphatic heterocycles. The smallest absolute Gasteiger partial charge is 0.295 e. The molecule has 1 amide bonds. The highest BCUT2D eigenvalue weighted by Crippen LogP contribution is 2.38. The fraction of sp³-hybridized carbons (Fsp3) is 0.133. The van der Waals surface area contributed by atoms with Gasteiger partial charge in [-0.2, -0.15) is 5.26 Å². The molecule has 5 nitrogen and oxygen atoms in total. The van der Waals surface area contributed by atoms with Gasteiger partial charge in [0.15, 0.2) is 11.5 Å². The van der Waals surface area contributed by atoms with Crippen molar-refractivity contribution in [3.05, 3.63) is 51.9 Å². The van der Waals surface area contributed by atoms with Crippen molar-refractivity contribution in [3.8, 4) is 6.07 Å². The Bertz CT molecular complexity index is 809. The van der Waals surface area contributed by atoms with Crippen LogP contribution in [-0.4, -0.2) is 17.7 Å². The number of amides is 1. The first-order valence-corrected chi connectivity index (χ1v) is 7.07. The van der Waals surface area contributed by atoms with Crippen LogP contribution in [0.25, 0.3) is 0 Å². The van der Waals surface area contributed by atoms with Crippen LogP contribution >= 0.6 is 23.2 Å². The predicted octanol–water partition coefficient (Wildman–Crippen LogP) is 3.71. The van der Waals surface area contributed by atoms with E-state index in [9.17, 15) is 14.9 Å². The average molecular weight is 335 g/mol. The van der Waals surface area contributed by atoms with E-state index < -0.39 is 11.9 Å². The van der Waals surface area contributed by atoms with E-state index in [1.165, 1.54) is 29.4 Å². The highest BCUT2D eigenvalue weighted by Gasteiger charge is 2.38. The van der Waals surface area contributed by atoms with Crippen LogP contribution in [0.15, 0.2) is 34.9 Å². The Kier molecular flexibility index (Phi) is 3.65. The van der Waals surface area contributed by atoms with E-state index in [0.29, 0.717) is 0 Å². The van der Waals surface area contributed by atoms with Crippen LogP contribution in [-0.2, 0) is 0 Å². The molecular formula is C15H8Cl2N2O3. The minimum absolute atomic E-state index is 0.0663. The number of anilines is 1. The molecule has 1 aromatic carbocycles. The van der Waals surface area contributed by atoms with Gasteiger partial charge < -0.3 is 4.42 Å². The first-order valence-electron chi connectivity index (χ1n) is 6.32. The molecule has 2 aromatic rings. The number of nitrogens with zero attached hydrogens (tertiary/aromatic N) is 2. The first-order chi connectivity index (χ1) is 10.5. The number of carbonyl (C=O) groups excluding carboxylic acids is 2. The van der Waals surface area contributed by atoms with Gasteiger partial charge in [-0.1, -0.05) is 23.2 Å². The van der Waals surface area contributed by atoms with E-state index in [1.807, 2.05) is 6.07 Å². The minimum atomic E-state index is -0.938. The molecule has 0 fully saturated rings. The summed E-state index contributed by atoms with van der Waals surface area (Å²) in [5.41, 5.74) is 0.416. The lowest BCUT2D eigenvalue weighted by Crippen LogP contribution is -2.44. The SMILES string of the molecule is N#C[C@H]1CC(=O)c2c(Cl)cc(Cl)cc2N1C(=O)c1ccco1. The Labute approximate surface area is 135 Å². The maximum absolute atomic E-state index is 12.6. The predicted molar refractivity (Wildman–Crippen MR) is 80.3 cm³/mol. The summed E-state index contributed by atoms with van der Waals surface area (Å²) in [5, 5.41) is 9.72. The van der Waals surface area contributed by atoms with Gasteiger partial charge in [0.25, 0.3) is 5.91 Å². The largest absolute Gasteiger partial charge is 0.459 e. The van der Waals surface area contributed by atoms with Crippen molar-refractivity contribution >= 4 is 40.6 Å². The fourth-order valence-electron chi connectivity index (χ4n) is 2.44. The van der Waals surface area contributed by atoms with Crippen molar-refractivity contribution in [2.24, 2.45) is 0 Å². The van der Waals surface area contributed by atoms with E-state index in [2.05, 4.69) is 0 Å². The summed E-state index contributed by atoms with van der Waals surface area (Å²) in [6.45, 7) is 0. The van der Waals surface area contributed by atoms with Crippen molar-refractivity contribution in [2.45, 2.75) is 12.5 Å².